The van der Waals surface area contributed by atoms with Gasteiger partial charge in [-0.05, 0) is 97.0 Å². The van der Waals surface area contributed by atoms with Crippen molar-refractivity contribution in [2.24, 2.45) is 0 Å². The SMILES string of the molecule is CCc1cc(Nc2ncc(Br)c(Nc3ccc4nccnc4c3NS(C)(=O)=O)n2)c(OC)cc1C1CCC(N(C)C)C1. The van der Waals surface area contributed by atoms with Crippen molar-refractivity contribution < 1.29 is 13.2 Å². The van der Waals surface area contributed by atoms with Crippen LogP contribution in [0.1, 0.15) is 43.2 Å². The molecule has 11 nitrogen and oxygen atoms in total. The third kappa shape index (κ3) is 6.58. The highest BCUT2D eigenvalue weighted by atomic mass is 79.9. The number of sulfonamides is 1. The Kier molecular flexibility index (Phi) is 8.81. The smallest absolute Gasteiger partial charge is 0.229 e. The topological polar surface area (TPSA) is 134 Å². The first kappa shape index (κ1) is 29.9. The molecule has 2 unspecified atom stereocenters. The lowest BCUT2D eigenvalue weighted by Gasteiger charge is -2.22. The maximum absolute atomic E-state index is 12.2. The van der Waals surface area contributed by atoms with E-state index < -0.39 is 10.0 Å². The summed E-state index contributed by atoms with van der Waals surface area (Å²) in [5, 5.41) is 6.55. The number of anilines is 5. The van der Waals surface area contributed by atoms with E-state index in [4.69, 9.17) is 4.74 Å². The average molecular weight is 656 g/mol. The van der Waals surface area contributed by atoms with Gasteiger partial charge in [0.15, 0.2) is 0 Å². The minimum Gasteiger partial charge on any atom is -0.495 e. The van der Waals surface area contributed by atoms with E-state index in [-0.39, 0.29) is 5.69 Å². The fourth-order valence-electron chi connectivity index (χ4n) is 5.49. The zero-order chi connectivity index (χ0) is 30.0. The molecule has 0 saturated heterocycles. The first-order chi connectivity index (χ1) is 20.1. The highest BCUT2D eigenvalue weighted by Crippen LogP contribution is 2.42. The molecule has 0 radical (unpaired) electrons. The first-order valence-electron chi connectivity index (χ1n) is 13.7. The van der Waals surface area contributed by atoms with Gasteiger partial charge in [-0.3, -0.25) is 14.7 Å². The third-order valence-electron chi connectivity index (χ3n) is 7.59. The Morgan fingerprint density at radius 1 is 1.07 bits per heavy atom. The summed E-state index contributed by atoms with van der Waals surface area (Å²) in [7, 11) is 2.37. The summed E-state index contributed by atoms with van der Waals surface area (Å²) < 4.78 is 33.4. The van der Waals surface area contributed by atoms with Gasteiger partial charge in [0.2, 0.25) is 16.0 Å². The molecule has 1 aliphatic rings. The second kappa shape index (κ2) is 12.4. The summed E-state index contributed by atoms with van der Waals surface area (Å²) in [5.74, 6) is 2.00. The molecule has 0 aliphatic heterocycles. The molecule has 42 heavy (non-hydrogen) atoms. The maximum atomic E-state index is 12.2. The number of hydrogen-bond acceptors (Lipinski definition) is 10. The third-order valence-corrected chi connectivity index (χ3v) is 8.74. The predicted octanol–water partition coefficient (Wildman–Crippen LogP) is 5.81. The standard InChI is InChI=1S/C29H35BrN8O3S/c1-6-17-14-24(25(41-4)15-20(17)18-7-8-19(13-18)38(2)3)35-29-33-16-21(30)28(36-29)34-23-10-9-22-26(32-12-11-31-22)27(23)37-42(5,39)40/h9-12,14-16,18-19,37H,6-8,13H2,1-5H3,(H2,33,34,35,36). The van der Waals surface area contributed by atoms with Gasteiger partial charge in [0, 0.05) is 24.6 Å². The van der Waals surface area contributed by atoms with Gasteiger partial charge < -0.3 is 20.3 Å². The Morgan fingerprint density at radius 2 is 1.86 bits per heavy atom. The van der Waals surface area contributed by atoms with Gasteiger partial charge in [-0.1, -0.05) is 6.92 Å². The van der Waals surface area contributed by atoms with E-state index in [2.05, 4.69) is 89.3 Å². The number of nitrogens with zero attached hydrogens (tertiary/aromatic N) is 5. The normalized spacial score (nSPS) is 17.0. The Morgan fingerprint density at radius 3 is 2.55 bits per heavy atom. The highest BCUT2D eigenvalue weighted by molar-refractivity contribution is 9.10. The van der Waals surface area contributed by atoms with Crippen molar-refractivity contribution in [1.82, 2.24) is 24.8 Å². The van der Waals surface area contributed by atoms with Crippen molar-refractivity contribution in [3.63, 3.8) is 0 Å². The summed E-state index contributed by atoms with van der Waals surface area (Å²) in [6.45, 7) is 2.17. The fraction of sp³-hybridized carbons (Fsp3) is 0.379. The van der Waals surface area contributed by atoms with Crippen LogP contribution in [0.5, 0.6) is 5.75 Å². The lowest BCUT2D eigenvalue weighted by atomic mass is 9.90. The number of ether oxygens (including phenoxy) is 1. The molecular formula is C29H35BrN8O3S. The highest BCUT2D eigenvalue weighted by Gasteiger charge is 2.29. The number of methoxy groups -OCH3 is 1. The Bertz CT molecular complexity index is 1720. The Hall–Kier alpha value is -3.55. The van der Waals surface area contributed by atoms with Crippen LogP contribution in [0.4, 0.5) is 28.8 Å². The molecule has 3 N–H and O–H groups in total. The van der Waals surface area contributed by atoms with Crippen LogP contribution < -0.4 is 20.1 Å². The molecule has 0 bridgehead atoms. The molecule has 2 aromatic carbocycles. The van der Waals surface area contributed by atoms with Crippen LogP contribution in [0.3, 0.4) is 0 Å². The van der Waals surface area contributed by atoms with E-state index in [9.17, 15) is 8.42 Å². The zero-order valence-electron chi connectivity index (χ0n) is 24.3. The molecule has 0 spiro atoms. The van der Waals surface area contributed by atoms with Gasteiger partial charge in [-0.25, -0.2) is 13.4 Å². The van der Waals surface area contributed by atoms with Crippen LogP contribution in [-0.2, 0) is 16.4 Å². The lowest BCUT2D eigenvalue weighted by molar-refractivity contribution is 0.296. The Labute approximate surface area is 254 Å². The summed E-state index contributed by atoms with van der Waals surface area (Å²) in [5.41, 5.74) is 5.08. The Balaban J connectivity index is 1.46. The van der Waals surface area contributed by atoms with Crippen LogP contribution >= 0.6 is 15.9 Å². The first-order valence-corrected chi connectivity index (χ1v) is 16.4. The quantitative estimate of drug-likeness (QED) is 0.192. The molecule has 1 aliphatic carbocycles. The molecule has 13 heteroatoms. The number of nitrogens with one attached hydrogen (secondary N) is 3. The van der Waals surface area contributed by atoms with Gasteiger partial charge in [-0.2, -0.15) is 4.98 Å². The van der Waals surface area contributed by atoms with Crippen LogP contribution in [0.2, 0.25) is 0 Å². The number of benzene rings is 2. The molecule has 4 aromatic rings. The van der Waals surface area contributed by atoms with Gasteiger partial charge in [0.05, 0.1) is 40.4 Å². The van der Waals surface area contributed by atoms with Crippen molar-refractivity contribution in [3.8, 4) is 5.75 Å². The van der Waals surface area contributed by atoms with Gasteiger partial charge in [0.25, 0.3) is 0 Å². The number of aryl methyl sites for hydroxylation is 1. The number of hydrogen-bond donors (Lipinski definition) is 3. The van der Waals surface area contributed by atoms with E-state index in [1.54, 1.807) is 31.6 Å². The van der Waals surface area contributed by atoms with Gasteiger partial charge in [-0.15, -0.1) is 0 Å². The largest absolute Gasteiger partial charge is 0.495 e. The minimum absolute atomic E-state index is 0.274. The van der Waals surface area contributed by atoms with Gasteiger partial charge in [0.1, 0.15) is 17.1 Å². The summed E-state index contributed by atoms with van der Waals surface area (Å²) >= 11 is 3.51. The molecule has 1 fully saturated rings. The zero-order valence-corrected chi connectivity index (χ0v) is 26.7. The second-order valence-electron chi connectivity index (χ2n) is 10.7. The summed E-state index contributed by atoms with van der Waals surface area (Å²) in [4.78, 5) is 20.1. The fourth-order valence-corrected chi connectivity index (χ4v) is 6.36. The van der Waals surface area contributed by atoms with E-state index in [1.165, 1.54) is 23.7 Å². The monoisotopic (exact) mass is 654 g/mol. The van der Waals surface area contributed by atoms with E-state index in [0.29, 0.717) is 44.9 Å². The molecule has 1 saturated carbocycles. The van der Waals surface area contributed by atoms with Crippen LogP contribution in [0.25, 0.3) is 11.0 Å². The van der Waals surface area contributed by atoms with Crippen molar-refractivity contribution >= 4 is 65.8 Å². The number of fused-ring (bicyclic) bond motifs is 1. The van der Waals surface area contributed by atoms with Crippen LogP contribution in [-0.4, -0.2) is 66.8 Å². The van der Waals surface area contributed by atoms with Gasteiger partial charge >= 0.3 is 0 Å². The number of aromatic nitrogens is 4. The second-order valence-corrected chi connectivity index (χ2v) is 13.3. The molecule has 5 rings (SSSR count). The molecule has 2 atom stereocenters. The van der Waals surface area contributed by atoms with Crippen molar-refractivity contribution in [3.05, 3.63) is 58.5 Å². The van der Waals surface area contributed by atoms with E-state index in [1.807, 2.05) is 0 Å². The number of halogens is 1. The molecular weight excluding hydrogens is 620 g/mol. The number of rotatable bonds is 10. The van der Waals surface area contributed by atoms with Crippen molar-refractivity contribution in [1.29, 1.82) is 0 Å². The van der Waals surface area contributed by atoms with E-state index in [0.717, 1.165) is 37.0 Å². The summed E-state index contributed by atoms with van der Waals surface area (Å²) in [6.07, 6.45) is 10.2. The van der Waals surface area contributed by atoms with E-state index >= 15 is 0 Å². The average Bonchev–Trinajstić information content (AvgIpc) is 3.46. The molecule has 222 valence electrons. The lowest BCUT2D eigenvalue weighted by Crippen LogP contribution is -2.24. The predicted molar refractivity (Wildman–Crippen MR) is 171 cm³/mol. The van der Waals surface area contributed by atoms with Crippen molar-refractivity contribution in [2.45, 2.75) is 44.6 Å². The minimum atomic E-state index is -3.60. The van der Waals surface area contributed by atoms with Crippen molar-refractivity contribution in [2.75, 3.05) is 42.8 Å². The molecule has 2 aromatic heterocycles. The molecule has 0 amide bonds. The molecule has 2 heterocycles. The van der Waals surface area contributed by atoms with Crippen LogP contribution in [0.15, 0.2) is 47.3 Å². The van der Waals surface area contributed by atoms with Crippen LogP contribution in [0, 0.1) is 0 Å². The maximum Gasteiger partial charge on any atom is 0.229 e. The summed E-state index contributed by atoms with van der Waals surface area (Å²) in [6, 6.07) is 8.36.